The molecule has 2 aliphatic rings. The van der Waals surface area contributed by atoms with Crippen molar-refractivity contribution < 1.29 is 17.5 Å². The maximum Gasteiger partial charge on any atom is 0.294 e. The molecule has 0 saturated heterocycles. The first-order valence-corrected chi connectivity index (χ1v) is 15.9. The van der Waals surface area contributed by atoms with E-state index in [-0.39, 0.29) is 10.3 Å². The molecular weight excluding hydrogens is 516 g/mol. The van der Waals surface area contributed by atoms with Gasteiger partial charge in [0.2, 0.25) is 5.69 Å². The first-order chi connectivity index (χ1) is 18.8. The van der Waals surface area contributed by atoms with Crippen molar-refractivity contribution in [2.75, 3.05) is 18.0 Å². The molecule has 2 aliphatic heterocycles. The molecule has 0 aliphatic carbocycles. The molecule has 40 heavy (non-hydrogen) atoms. The van der Waals surface area contributed by atoms with Gasteiger partial charge in [-0.1, -0.05) is 70.5 Å². The van der Waals surface area contributed by atoms with Gasteiger partial charge in [-0.3, -0.25) is 4.55 Å². The maximum absolute atomic E-state index is 11.9. The summed E-state index contributed by atoms with van der Waals surface area (Å²) in [6.07, 6.45) is 14.0. The highest BCUT2D eigenvalue weighted by molar-refractivity contribution is 7.85. The van der Waals surface area contributed by atoms with Gasteiger partial charge in [0.25, 0.3) is 10.1 Å². The zero-order chi connectivity index (χ0) is 29.3. The van der Waals surface area contributed by atoms with Gasteiger partial charge in [-0.2, -0.15) is 13.0 Å². The molecule has 2 heterocycles. The Balaban J connectivity index is 1.64. The molecule has 1 N–H and O–H groups in total. The number of hydrogen-bond acceptors (Lipinski definition) is 3. The summed E-state index contributed by atoms with van der Waals surface area (Å²) in [4.78, 5) is 2.33. The van der Waals surface area contributed by atoms with Crippen LogP contribution in [0.4, 0.5) is 11.4 Å². The standard InChI is InChI=1S/C34H44N2O3S/c1-8-35-29-18-13-12-17-27(29)33(4,5)31(35)19-10-9-11-20-32-34(6,7)28-24-26(40(37,38)39)21-22-30(28)36(32)23-15-14-16-25(2)3/h9-13,17-22,24-25H,8,14-16,23H2,1-7H3/p+1. The fraction of sp³-hybridized carbons (Fsp3) is 0.441. The highest BCUT2D eigenvalue weighted by Crippen LogP contribution is 2.47. The van der Waals surface area contributed by atoms with Gasteiger partial charge in [-0.05, 0) is 62.9 Å². The van der Waals surface area contributed by atoms with Crippen molar-refractivity contribution in [3.63, 3.8) is 0 Å². The van der Waals surface area contributed by atoms with Gasteiger partial charge < -0.3 is 4.90 Å². The number of allylic oxidation sites excluding steroid dienone is 6. The van der Waals surface area contributed by atoms with Crippen LogP contribution in [0, 0.1) is 5.92 Å². The SMILES string of the molecule is CCN1C(=CC=CC=CC2=[N+](CCCCC(C)C)c3ccc(S(=O)(=O)O)cc3C2(C)C)C(C)(C)c2ccccc21. The zero-order valence-corrected chi connectivity index (χ0v) is 25.9. The first-order valence-electron chi connectivity index (χ1n) is 14.5. The van der Waals surface area contributed by atoms with Crippen molar-refractivity contribution in [2.45, 2.75) is 83.5 Å². The van der Waals surface area contributed by atoms with Gasteiger partial charge in [-0.15, -0.1) is 0 Å². The average Bonchev–Trinajstić information content (AvgIpc) is 3.24. The molecule has 0 unspecified atom stereocenters. The molecule has 214 valence electrons. The van der Waals surface area contributed by atoms with Gasteiger partial charge in [-0.25, -0.2) is 0 Å². The van der Waals surface area contributed by atoms with Crippen LogP contribution in [0.3, 0.4) is 0 Å². The van der Waals surface area contributed by atoms with E-state index in [4.69, 9.17) is 0 Å². The Bertz CT molecular complexity index is 1490. The summed E-state index contributed by atoms with van der Waals surface area (Å²) in [6, 6.07) is 13.6. The molecular formula is C34H45N2O3S+. The quantitative estimate of drug-likeness (QED) is 0.138. The van der Waals surface area contributed by atoms with Crippen molar-refractivity contribution in [1.29, 1.82) is 0 Å². The number of likely N-dealkylation sites (N-methyl/N-ethyl adjacent to an activating group) is 1. The van der Waals surface area contributed by atoms with E-state index in [1.165, 1.54) is 29.4 Å². The minimum Gasteiger partial charge on any atom is -0.344 e. The Kier molecular flexibility index (Phi) is 8.63. The number of rotatable bonds is 10. The first kappa shape index (κ1) is 30.0. The Morgan fingerprint density at radius 1 is 0.950 bits per heavy atom. The molecule has 0 bridgehead atoms. The largest absolute Gasteiger partial charge is 0.344 e. The van der Waals surface area contributed by atoms with Gasteiger partial charge >= 0.3 is 0 Å². The van der Waals surface area contributed by atoms with Crippen LogP contribution >= 0.6 is 0 Å². The molecule has 0 fully saturated rings. The van der Waals surface area contributed by atoms with E-state index in [1.807, 2.05) is 6.07 Å². The fourth-order valence-electron chi connectivity index (χ4n) is 6.22. The molecule has 0 saturated carbocycles. The second-order valence-corrected chi connectivity index (χ2v) is 13.8. The van der Waals surface area contributed by atoms with Gasteiger partial charge in [0, 0.05) is 47.5 Å². The monoisotopic (exact) mass is 561 g/mol. The van der Waals surface area contributed by atoms with Crippen LogP contribution in [0.5, 0.6) is 0 Å². The molecule has 2 aromatic rings. The van der Waals surface area contributed by atoms with E-state index >= 15 is 0 Å². The van der Waals surface area contributed by atoms with Crippen LogP contribution < -0.4 is 4.90 Å². The Morgan fingerprint density at radius 2 is 1.68 bits per heavy atom. The summed E-state index contributed by atoms with van der Waals surface area (Å²) in [5, 5.41) is 0. The van der Waals surface area contributed by atoms with Crippen LogP contribution in [-0.2, 0) is 20.9 Å². The topological polar surface area (TPSA) is 60.6 Å². The Hall–Kier alpha value is -2.96. The van der Waals surface area contributed by atoms with Crippen LogP contribution in [0.1, 0.15) is 78.9 Å². The lowest BCUT2D eigenvalue weighted by atomic mass is 9.81. The molecule has 4 rings (SSSR count). The van der Waals surface area contributed by atoms with Gasteiger partial charge in [0.1, 0.15) is 6.54 Å². The molecule has 0 spiro atoms. The van der Waals surface area contributed by atoms with Crippen molar-refractivity contribution in [3.8, 4) is 0 Å². The smallest absolute Gasteiger partial charge is 0.294 e. The lowest BCUT2D eigenvalue weighted by molar-refractivity contribution is -0.438. The molecule has 0 radical (unpaired) electrons. The lowest BCUT2D eigenvalue weighted by Gasteiger charge is -2.25. The Labute approximate surface area is 241 Å². The molecule has 0 aromatic heterocycles. The minimum absolute atomic E-state index is 0.0588. The molecule has 6 heteroatoms. The summed E-state index contributed by atoms with van der Waals surface area (Å²) in [6.45, 7) is 17.3. The number of benzene rings is 2. The summed E-state index contributed by atoms with van der Waals surface area (Å²) in [7, 11) is -4.28. The normalized spacial score (nSPS) is 19.0. The number of nitrogens with zero attached hydrogens (tertiary/aromatic N) is 2. The van der Waals surface area contributed by atoms with E-state index in [0.29, 0.717) is 5.92 Å². The minimum atomic E-state index is -4.28. The third kappa shape index (κ3) is 5.75. The van der Waals surface area contributed by atoms with Crippen molar-refractivity contribution in [3.05, 3.63) is 89.7 Å². The van der Waals surface area contributed by atoms with E-state index in [9.17, 15) is 13.0 Å². The third-order valence-electron chi connectivity index (χ3n) is 8.42. The van der Waals surface area contributed by atoms with Crippen molar-refractivity contribution in [2.24, 2.45) is 5.92 Å². The van der Waals surface area contributed by atoms with E-state index in [0.717, 1.165) is 42.9 Å². The van der Waals surface area contributed by atoms with E-state index in [1.54, 1.807) is 6.07 Å². The lowest BCUT2D eigenvalue weighted by Crippen LogP contribution is -2.28. The predicted octanol–water partition coefficient (Wildman–Crippen LogP) is 7.95. The number of hydrogen-bond donors (Lipinski definition) is 1. The maximum atomic E-state index is 11.9. The van der Waals surface area contributed by atoms with Crippen molar-refractivity contribution in [1.82, 2.24) is 0 Å². The van der Waals surface area contributed by atoms with Gasteiger partial charge in [0.05, 0.1) is 10.3 Å². The average molecular weight is 562 g/mol. The predicted molar refractivity (Wildman–Crippen MR) is 167 cm³/mol. The number of para-hydroxylation sites is 1. The number of unbranched alkanes of at least 4 members (excludes halogenated alkanes) is 1. The summed E-state index contributed by atoms with van der Waals surface area (Å²) in [5.74, 6) is 0.670. The van der Waals surface area contributed by atoms with Crippen LogP contribution in [-0.4, -0.2) is 36.3 Å². The van der Waals surface area contributed by atoms with Crippen LogP contribution in [0.2, 0.25) is 0 Å². The summed E-state index contributed by atoms with van der Waals surface area (Å²) >= 11 is 0. The summed E-state index contributed by atoms with van der Waals surface area (Å²) < 4.78 is 35.8. The second kappa shape index (κ2) is 11.5. The zero-order valence-electron chi connectivity index (χ0n) is 25.1. The number of anilines is 1. The summed E-state index contributed by atoms with van der Waals surface area (Å²) in [5.41, 5.74) is 6.49. The van der Waals surface area contributed by atoms with E-state index < -0.39 is 15.5 Å². The van der Waals surface area contributed by atoms with Gasteiger partial charge in [0.15, 0.2) is 5.71 Å². The second-order valence-electron chi connectivity index (χ2n) is 12.4. The molecule has 0 atom stereocenters. The van der Waals surface area contributed by atoms with Crippen LogP contribution in [0.25, 0.3) is 0 Å². The molecule has 0 amide bonds. The highest BCUT2D eigenvalue weighted by atomic mass is 32.2. The molecule has 5 nitrogen and oxygen atoms in total. The van der Waals surface area contributed by atoms with Crippen LogP contribution in [0.15, 0.2) is 83.4 Å². The van der Waals surface area contributed by atoms with Crippen molar-refractivity contribution >= 4 is 27.2 Å². The Morgan fingerprint density at radius 3 is 2.35 bits per heavy atom. The fourth-order valence-corrected chi connectivity index (χ4v) is 6.72. The molecule has 2 aromatic carbocycles. The highest BCUT2D eigenvalue weighted by Gasteiger charge is 2.44. The third-order valence-corrected chi connectivity index (χ3v) is 9.27. The number of fused-ring (bicyclic) bond motifs is 2. The van der Waals surface area contributed by atoms with E-state index in [2.05, 4.69) is 113 Å².